The van der Waals surface area contributed by atoms with Crippen molar-refractivity contribution < 1.29 is 23.1 Å². The van der Waals surface area contributed by atoms with E-state index in [1.54, 1.807) is 12.1 Å². The van der Waals surface area contributed by atoms with Gasteiger partial charge in [-0.15, -0.1) is 0 Å². The monoisotopic (exact) mass is 574 g/mol. The van der Waals surface area contributed by atoms with Crippen molar-refractivity contribution in [3.8, 4) is 6.07 Å². The molecule has 1 heterocycles. The van der Waals surface area contributed by atoms with Crippen molar-refractivity contribution in [2.24, 2.45) is 16.8 Å². The van der Waals surface area contributed by atoms with Gasteiger partial charge in [0.1, 0.15) is 11.4 Å². The van der Waals surface area contributed by atoms with Crippen LogP contribution in [0.4, 0.5) is 5.69 Å². The Labute approximate surface area is 241 Å². The maximum atomic E-state index is 12.6. The Morgan fingerprint density at radius 2 is 1.51 bits per heavy atom. The molecule has 3 aromatic rings. The highest BCUT2D eigenvalue weighted by Gasteiger charge is 2.43. The van der Waals surface area contributed by atoms with Crippen LogP contribution in [-0.2, 0) is 25.2 Å². The zero-order valence-corrected chi connectivity index (χ0v) is 24.2. The van der Waals surface area contributed by atoms with Crippen molar-refractivity contribution in [3.63, 3.8) is 0 Å². The number of ether oxygens (including phenoxy) is 1. The van der Waals surface area contributed by atoms with Gasteiger partial charge in [-0.3, -0.25) is 4.79 Å². The molecule has 0 spiro atoms. The van der Waals surface area contributed by atoms with Crippen LogP contribution in [0.2, 0.25) is 0 Å². The van der Waals surface area contributed by atoms with E-state index < -0.39 is 27.5 Å². The summed E-state index contributed by atoms with van der Waals surface area (Å²) in [6, 6.07) is 27.1. The SMILES string of the molecule is COC(=O)C(C#N)C(=Nc1ccc(S(=O)(=O)N(C)C)cc1)N1CCC(C(O)(c2ccccc2)c2ccccc2)CC1. The number of hydrogen-bond acceptors (Lipinski definition) is 7. The lowest BCUT2D eigenvalue weighted by atomic mass is 9.72. The molecule has 1 aliphatic heterocycles. The molecule has 41 heavy (non-hydrogen) atoms. The van der Waals surface area contributed by atoms with E-state index in [-0.39, 0.29) is 16.6 Å². The van der Waals surface area contributed by atoms with Gasteiger partial charge in [0.25, 0.3) is 0 Å². The molecule has 1 unspecified atom stereocenters. The Balaban J connectivity index is 1.66. The minimum Gasteiger partial charge on any atom is -0.468 e. The number of rotatable bonds is 8. The molecule has 3 aromatic carbocycles. The van der Waals surface area contributed by atoms with Gasteiger partial charge < -0.3 is 14.7 Å². The average Bonchev–Trinajstić information content (AvgIpc) is 3.01. The summed E-state index contributed by atoms with van der Waals surface area (Å²) in [6.07, 6.45) is 1.14. The van der Waals surface area contributed by atoms with Crippen LogP contribution in [0.25, 0.3) is 0 Å². The number of carbonyl (C=O) groups excluding carboxylic acids is 1. The van der Waals surface area contributed by atoms with Gasteiger partial charge in [-0.2, -0.15) is 5.26 Å². The van der Waals surface area contributed by atoms with E-state index >= 15 is 0 Å². The second kappa shape index (κ2) is 12.6. The van der Waals surface area contributed by atoms with Gasteiger partial charge >= 0.3 is 5.97 Å². The van der Waals surface area contributed by atoms with Crippen molar-refractivity contribution in [2.75, 3.05) is 34.3 Å². The largest absolute Gasteiger partial charge is 0.468 e. The summed E-state index contributed by atoms with van der Waals surface area (Å²) in [5, 5.41) is 22.1. The first-order valence-electron chi connectivity index (χ1n) is 13.3. The van der Waals surface area contributed by atoms with Crippen molar-refractivity contribution in [3.05, 3.63) is 96.1 Å². The van der Waals surface area contributed by atoms with Crippen LogP contribution in [0.1, 0.15) is 24.0 Å². The summed E-state index contributed by atoms with van der Waals surface area (Å²) < 4.78 is 31.0. The van der Waals surface area contributed by atoms with E-state index in [9.17, 15) is 23.6 Å². The Hall–Kier alpha value is -4.04. The minimum absolute atomic E-state index is 0.106. The number of sulfonamides is 1. The van der Waals surface area contributed by atoms with E-state index in [4.69, 9.17) is 4.74 Å². The number of hydrogen-bond donors (Lipinski definition) is 1. The van der Waals surface area contributed by atoms with E-state index in [2.05, 4.69) is 4.99 Å². The highest BCUT2D eigenvalue weighted by atomic mass is 32.2. The molecular weight excluding hydrogens is 540 g/mol. The molecule has 0 radical (unpaired) electrons. The Morgan fingerprint density at radius 1 is 1.00 bits per heavy atom. The molecule has 9 nitrogen and oxygen atoms in total. The fourth-order valence-corrected chi connectivity index (χ4v) is 6.14. The lowest BCUT2D eigenvalue weighted by Crippen LogP contribution is -2.48. The second-order valence-corrected chi connectivity index (χ2v) is 12.2. The summed E-state index contributed by atoms with van der Waals surface area (Å²) in [6.45, 7) is 0.876. The molecule has 1 saturated heterocycles. The molecule has 0 bridgehead atoms. The number of aliphatic hydroxyl groups is 1. The van der Waals surface area contributed by atoms with E-state index in [0.717, 1.165) is 15.4 Å². The number of amidine groups is 1. The van der Waals surface area contributed by atoms with Crippen LogP contribution in [0, 0.1) is 23.2 Å². The Bertz CT molecular complexity index is 1470. The van der Waals surface area contributed by atoms with Gasteiger partial charge in [0, 0.05) is 27.2 Å². The molecule has 4 rings (SSSR count). The number of benzene rings is 3. The fraction of sp³-hybridized carbons (Fsp3) is 0.323. The zero-order valence-electron chi connectivity index (χ0n) is 23.3. The maximum absolute atomic E-state index is 12.6. The summed E-state index contributed by atoms with van der Waals surface area (Å²) in [4.78, 5) is 19.2. The molecule has 214 valence electrons. The summed E-state index contributed by atoms with van der Waals surface area (Å²) in [5.41, 5.74) is 0.775. The third-order valence-electron chi connectivity index (χ3n) is 7.52. The van der Waals surface area contributed by atoms with Gasteiger partial charge in [0.2, 0.25) is 15.9 Å². The van der Waals surface area contributed by atoms with Crippen molar-refractivity contribution in [1.29, 1.82) is 5.26 Å². The summed E-state index contributed by atoms with van der Waals surface area (Å²) >= 11 is 0. The number of esters is 1. The van der Waals surface area contributed by atoms with Crippen molar-refractivity contribution in [1.82, 2.24) is 9.21 Å². The topological polar surface area (TPSA) is 123 Å². The zero-order chi connectivity index (χ0) is 29.6. The number of likely N-dealkylation sites (tertiary alicyclic amines) is 1. The molecule has 0 aliphatic carbocycles. The van der Waals surface area contributed by atoms with E-state index in [1.807, 2.05) is 71.6 Å². The number of nitrogens with zero attached hydrogens (tertiary/aromatic N) is 4. The first-order chi connectivity index (χ1) is 19.6. The molecule has 0 aromatic heterocycles. The molecule has 1 N–H and O–H groups in total. The molecular formula is C31H34N4O5S. The van der Waals surface area contributed by atoms with Gasteiger partial charge in [0.15, 0.2) is 0 Å². The predicted octanol–water partition coefficient (Wildman–Crippen LogP) is 3.93. The predicted molar refractivity (Wildman–Crippen MR) is 156 cm³/mol. The lowest BCUT2D eigenvalue weighted by molar-refractivity contribution is -0.141. The summed E-state index contributed by atoms with van der Waals surface area (Å²) in [7, 11) is 0.501. The van der Waals surface area contributed by atoms with Crippen LogP contribution in [0.3, 0.4) is 0 Å². The van der Waals surface area contributed by atoms with Crippen LogP contribution in [0.5, 0.6) is 0 Å². The van der Waals surface area contributed by atoms with Crippen LogP contribution >= 0.6 is 0 Å². The number of nitriles is 1. The van der Waals surface area contributed by atoms with Gasteiger partial charge in [-0.1, -0.05) is 60.7 Å². The molecule has 1 aliphatic rings. The first kappa shape index (κ1) is 29.9. The first-order valence-corrected chi connectivity index (χ1v) is 14.7. The smallest absolute Gasteiger partial charge is 0.330 e. The normalized spacial score (nSPS) is 15.8. The minimum atomic E-state index is -3.62. The van der Waals surface area contributed by atoms with Crippen LogP contribution < -0.4 is 0 Å². The van der Waals surface area contributed by atoms with Crippen molar-refractivity contribution >= 4 is 27.5 Å². The maximum Gasteiger partial charge on any atom is 0.330 e. The Morgan fingerprint density at radius 3 is 1.95 bits per heavy atom. The third kappa shape index (κ3) is 6.17. The van der Waals surface area contributed by atoms with E-state index in [1.165, 1.54) is 33.3 Å². The number of aliphatic imine (C=N–C) groups is 1. The number of methoxy groups -OCH3 is 1. The van der Waals surface area contributed by atoms with Gasteiger partial charge in [-0.05, 0) is 54.2 Å². The lowest BCUT2D eigenvalue weighted by Gasteiger charge is -2.43. The molecule has 1 atom stereocenters. The highest BCUT2D eigenvalue weighted by molar-refractivity contribution is 7.89. The Kier molecular flexibility index (Phi) is 9.23. The average molecular weight is 575 g/mol. The standard InChI is InChI=1S/C31H34N4O5S/c1-34(2)41(38,39)27-16-14-26(15-17-27)33-29(28(22-32)30(36)40-3)35-20-18-25(19-21-35)31(37,23-10-6-4-7-11-23)24-12-8-5-9-13-24/h4-17,25,28,37H,18-21H2,1-3H3. The third-order valence-corrected chi connectivity index (χ3v) is 9.35. The molecule has 1 fully saturated rings. The molecule has 10 heteroatoms. The van der Waals surface area contributed by atoms with Gasteiger partial charge in [0.05, 0.1) is 23.8 Å². The highest BCUT2D eigenvalue weighted by Crippen LogP contribution is 2.42. The van der Waals surface area contributed by atoms with E-state index in [0.29, 0.717) is 31.6 Å². The second-order valence-electron chi connectivity index (χ2n) is 10.1. The van der Waals surface area contributed by atoms with Crippen LogP contribution in [0.15, 0.2) is 94.8 Å². The number of piperidine rings is 1. The number of carbonyl (C=O) groups is 1. The van der Waals surface area contributed by atoms with Crippen LogP contribution in [-0.4, -0.2) is 68.8 Å². The van der Waals surface area contributed by atoms with Gasteiger partial charge in [-0.25, -0.2) is 17.7 Å². The molecule has 0 amide bonds. The van der Waals surface area contributed by atoms with Crippen molar-refractivity contribution in [2.45, 2.75) is 23.3 Å². The fourth-order valence-electron chi connectivity index (χ4n) is 5.24. The molecule has 0 saturated carbocycles. The quantitative estimate of drug-likeness (QED) is 0.246. The summed E-state index contributed by atoms with van der Waals surface area (Å²) in [5.74, 6) is -1.92.